The molecule has 182 valence electrons. The highest BCUT2D eigenvalue weighted by molar-refractivity contribution is 6.32. The molecule has 0 saturated heterocycles. The van der Waals surface area contributed by atoms with Crippen LogP contribution in [0.3, 0.4) is 0 Å². The predicted molar refractivity (Wildman–Crippen MR) is 122 cm³/mol. The number of halogens is 2. The Morgan fingerprint density at radius 2 is 0.912 bits per heavy atom. The lowest BCUT2D eigenvalue weighted by atomic mass is 9.81. The summed E-state index contributed by atoms with van der Waals surface area (Å²) < 4.78 is 0. The summed E-state index contributed by atoms with van der Waals surface area (Å²) in [5.41, 5.74) is -0.425. The van der Waals surface area contributed by atoms with E-state index < -0.39 is 55.3 Å². The number of rotatable bonds is 7. The van der Waals surface area contributed by atoms with E-state index >= 15 is 0 Å². The van der Waals surface area contributed by atoms with Crippen LogP contribution in [0.25, 0.3) is 0 Å². The van der Waals surface area contributed by atoms with Crippen molar-refractivity contribution < 1.29 is 46.0 Å². The maximum Gasteiger partial charge on any atom is 0.143 e. The molecule has 0 aliphatic heterocycles. The Kier molecular flexibility index (Phi) is 7.67. The predicted octanol–water partition coefficient (Wildman–Crippen LogP) is 2.67. The van der Waals surface area contributed by atoms with Gasteiger partial charge in [0.15, 0.2) is 0 Å². The van der Waals surface area contributed by atoms with Crippen molar-refractivity contribution in [1.29, 1.82) is 0 Å². The zero-order valence-corrected chi connectivity index (χ0v) is 19.0. The van der Waals surface area contributed by atoms with E-state index in [1.807, 2.05) is 0 Å². The Balaban J connectivity index is 2.49. The highest BCUT2D eigenvalue weighted by atomic mass is 35.5. The molecule has 0 amide bonds. The van der Waals surface area contributed by atoms with E-state index in [0.717, 1.165) is 0 Å². The molecule has 0 aromatic heterocycles. The van der Waals surface area contributed by atoms with Crippen LogP contribution in [0.15, 0.2) is 24.3 Å². The monoisotopic (exact) mass is 512 g/mol. The zero-order valence-electron chi connectivity index (χ0n) is 17.5. The molecule has 3 aromatic carbocycles. The second-order valence-corrected chi connectivity index (χ2v) is 8.31. The normalized spacial score (nSPS) is 11.4. The van der Waals surface area contributed by atoms with Gasteiger partial charge in [-0.1, -0.05) is 23.2 Å². The molecule has 0 atom stereocenters. The third-order valence-electron chi connectivity index (χ3n) is 5.61. The van der Waals surface area contributed by atoms with E-state index in [2.05, 4.69) is 0 Å². The van der Waals surface area contributed by atoms with Gasteiger partial charge in [0.25, 0.3) is 0 Å². The van der Waals surface area contributed by atoms with Crippen LogP contribution < -0.4 is 0 Å². The molecule has 0 saturated carbocycles. The Morgan fingerprint density at radius 3 is 1.24 bits per heavy atom. The fourth-order valence-electron chi connectivity index (χ4n) is 3.87. The number of hydrogen-bond donors (Lipinski definition) is 9. The molecule has 0 bridgehead atoms. The SMILES string of the molecule is OCc1cc(C(c2cc(Cl)c(O)c(CO)c2O)c2cc(Cl)c(O)c(CO)c2O)cc(CO)c1O. The van der Waals surface area contributed by atoms with Crippen molar-refractivity contribution in [3.63, 3.8) is 0 Å². The summed E-state index contributed by atoms with van der Waals surface area (Å²) in [5, 5.41) is 90.7. The maximum atomic E-state index is 10.9. The number of benzene rings is 3. The largest absolute Gasteiger partial charge is 0.507 e. The highest BCUT2D eigenvalue weighted by Gasteiger charge is 2.30. The fraction of sp³-hybridized carbons (Fsp3) is 0.217. The lowest BCUT2D eigenvalue weighted by molar-refractivity contribution is 0.263. The standard InChI is InChI=1S/C23H22Cl2O9/c24-16-3-12(20(31)14(7-28)22(16)33)18(9-1-10(5-26)19(30)11(2-9)6-27)13-4-17(25)23(34)15(8-29)21(13)32/h1-4,18,26-34H,5-8H2. The van der Waals surface area contributed by atoms with Crippen molar-refractivity contribution >= 4 is 23.2 Å². The third-order valence-corrected chi connectivity index (χ3v) is 6.19. The summed E-state index contributed by atoms with van der Waals surface area (Å²) >= 11 is 12.3. The van der Waals surface area contributed by atoms with Gasteiger partial charge < -0.3 is 46.0 Å². The number of aromatic hydroxyl groups is 5. The van der Waals surface area contributed by atoms with Crippen LogP contribution in [-0.2, 0) is 26.4 Å². The second-order valence-electron chi connectivity index (χ2n) is 7.50. The van der Waals surface area contributed by atoms with Crippen LogP contribution >= 0.6 is 23.2 Å². The topological polar surface area (TPSA) is 182 Å². The van der Waals surface area contributed by atoms with E-state index in [1.54, 1.807) is 0 Å². The molecule has 9 N–H and O–H groups in total. The summed E-state index contributed by atoms with van der Waals surface area (Å²) in [6.07, 6.45) is 0. The molecule has 0 aliphatic rings. The van der Waals surface area contributed by atoms with E-state index in [9.17, 15) is 46.0 Å². The second kappa shape index (κ2) is 10.1. The minimum absolute atomic E-state index is 0.0186. The molecule has 0 heterocycles. The first-order valence-corrected chi connectivity index (χ1v) is 10.6. The molecule has 0 spiro atoms. The first-order chi connectivity index (χ1) is 16.1. The van der Waals surface area contributed by atoms with Crippen LogP contribution in [0.5, 0.6) is 28.7 Å². The molecular formula is C23H22Cl2O9. The Hall–Kier alpha value is -2.92. The average molecular weight is 513 g/mol. The smallest absolute Gasteiger partial charge is 0.143 e. The van der Waals surface area contributed by atoms with E-state index in [4.69, 9.17) is 23.2 Å². The van der Waals surface area contributed by atoms with Crippen molar-refractivity contribution in [1.82, 2.24) is 0 Å². The first kappa shape index (κ1) is 25.7. The van der Waals surface area contributed by atoms with Gasteiger partial charge in [-0.05, 0) is 29.8 Å². The zero-order chi connectivity index (χ0) is 25.3. The van der Waals surface area contributed by atoms with Crippen LogP contribution in [0, 0.1) is 0 Å². The van der Waals surface area contributed by atoms with Gasteiger partial charge in [0.1, 0.15) is 28.7 Å². The lowest BCUT2D eigenvalue weighted by Crippen LogP contribution is -2.09. The van der Waals surface area contributed by atoms with E-state index in [1.165, 1.54) is 24.3 Å². The molecule has 34 heavy (non-hydrogen) atoms. The van der Waals surface area contributed by atoms with E-state index in [-0.39, 0.29) is 54.7 Å². The number of aliphatic hydroxyl groups is 4. The van der Waals surface area contributed by atoms with Gasteiger partial charge in [0, 0.05) is 28.2 Å². The Morgan fingerprint density at radius 1 is 0.529 bits per heavy atom. The molecule has 3 rings (SSSR count). The Labute approximate surface area is 203 Å². The molecule has 0 fully saturated rings. The van der Waals surface area contributed by atoms with Gasteiger partial charge in [-0.2, -0.15) is 0 Å². The minimum atomic E-state index is -1.19. The van der Waals surface area contributed by atoms with Crippen molar-refractivity contribution in [3.8, 4) is 28.7 Å². The maximum absolute atomic E-state index is 10.9. The molecule has 0 aliphatic carbocycles. The molecule has 0 radical (unpaired) electrons. The lowest BCUT2D eigenvalue weighted by Gasteiger charge is -2.25. The van der Waals surface area contributed by atoms with Crippen molar-refractivity contribution in [2.75, 3.05) is 0 Å². The molecular weight excluding hydrogens is 491 g/mol. The van der Waals surface area contributed by atoms with Crippen molar-refractivity contribution in [2.45, 2.75) is 32.3 Å². The minimum Gasteiger partial charge on any atom is -0.507 e. The molecule has 11 heteroatoms. The van der Waals surface area contributed by atoms with Gasteiger partial charge in [-0.3, -0.25) is 0 Å². The number of aliphatic hydroxyl groups excluding tert-OH is 4. The number of phenols is 5. The van der Waals surface area contributed by atoms with Gasteiger partial charge in [-0.15, -0.1) is 0 Å². The summed E-state index contributed by atoms with van der Waals surface area (Å²) in [6.45, 7) is -2.81. The van der Waals surface area contributed by atoms with Crippen LogP contribution in [0.1, 0.15) is 44.9 Å². The molecule has 9 nitrogen and oxygen atoms in total. The third kappa shape index (κ3) is 4.29. The van der Waals surface area contributed by atoms with Gasteiger partial charge in [0.2, 0.25) is 0 Å². The van der Waals surface area contributed by atoms with E-state index in [0.29, 0.717) is 0 Å². The summed E-state index contributed by atoms with van der Waals surface area (Å²) in [6, 6.07) is 5.05. The quantitative estimate of drug-likeness (QED) is 0.215. The average Bonchev–Trinajstić information content (AvgIpc) is 2.82. The van der Waals surface area contributed by atoms with Crippen LogP contribution in [0.2, 0.25) is 10.0 Å². The van der Waals surface area contributed by atoms with Gasteiger partial charge in [-0.25, -0.2) is 0 Å². The summed E-state index contributed by atoms with van der Waals surface area (Å²) in [5.74, 6) is -3.83. The van der Waals surface area contributed by atoms with Gasteiger partial charge in [0.05, 0.1) is 47.6 Å². The Bertz CT molecular complexity index is 1150. The first-order valence-electron chi connectivity index (χ1n) is 9.85. The summed E-state index contributed by atoms with van der Waals surface area (Å²) in [4.78, 5) is 0. The number of hydrogen-bond acceptors (Lipinski definition) is 9. The van der Waals surface area contributed by atoms with Gasteiger partial charge >= 0.3 is 0 Å². The van der Waals surface area contributed by atoms with Crippen LogP contribution in [0.4, 0.5) is 0 Å². The summed E-state index contributed by atoms with van der Waals surface area (Å²) in [7, 11) is 0. The van der Waals surface area contributed by atoms with Crippen LogP contribution in [-0.4, -0.2) is 46.0 Å². The van der Waals surface area contributed by atoms with Crippen molar-refractivity contribution in [3.05, 3.63) is 73.3 Å². The van der Waals surface area contributed by atoms with Crippen molar-refractivity contribution in [2.24, 2.45) is 0 Å². The molecule has 0 unspecified atom stereocenters. The fourth-order valence-corrected chi connectivity index (χ4v) is 4.33. The molecule has 3 aromatic rings. The highest BCUT2D eigenvalue weighted by Crippen LogP contribution is 2.49.